The van der Waals surface area contributed by atoms with Crippen LogP contribution in [0.3, 0.4) is 0 Å². The van der Waals surface area contributed by atoms with Crippen LogP contribution >= 0.6 is 0 Å². The Morgan fingerprint density at radius 3 is 2.51 bits per heavy atom. The Hall–Kier alpha value is -3.38. The van der Waals surface area contributed by atoms with Gasteiger partial charge in [0.1, 0.15) is 11.9 Å². The number of rotatable bonds is 8. The molecule has 0 spiro atoms. The van der Waals surface area contributed by atoms with Crippen molar-refractivity contribution < 1.29 is 23.4 Å². The van der Waals surface area contributed by atoms with E-state index in [2.05, 4.69) is 24.3 Å². The highest BCUT2D eigenvalue weighted by atomic mass is 19.1. The molecule has 1 fully saturated rings. The minimum Gasteiger partial charge on any atom is -0.493 e. The molecule has 1 amide bonds. The lowest BCUT2D eigenvalue weighted by atomic mass is 10.1. The van der Waals surface area contributed by atoms with Crippen LogP contribution in [0.5, 0.6) is 11.5 Å². The first kappa shape index (κ1) is 23.4. The molecule has 1 aliphatic carbocycles. The summed E-state index contributed by atoms with van der Waals surface area (Å²) >= 11 is 0. The predicted molar refractivity (Wildman–Crippen MR) is 131 cm³/mol. The van der Waals surface area contributed by atoms with Crippen LogP contribution in [0.1, 0.15) is 39.9 Å². The molecule has 0 radical (unpaired) electrons. The van der Waals surface area contributed by atoms with Crippen LogP contribution in [0.2, 0.25) is 0 Å². The van der Waals surface area contributed by atoms with E-state index in [1.54, 1.807) is 24.1 Å². The SMILES string of the molecule is COc1cc(CN(C[C@@H]2CCCO2)C(=O)c2cccc(F)c2)ccc1OC1Cc2ccccc2C1. The molecule has 0 aromatic heterocycles. The molecule has 182 valence electrons. The largest absolute Gasteiger partial charge is 0.493 e. The number of halogens is 1. The van der Waals surface area contributed by atoms with E-state index in [9.17, 15) is 9.18 Å². The van der Waals surface area contributed by atoms with E-state index in [1.807, 2.05) is 18.2 Å². The van der Waals surface area contributed by atoms with Gasteiger partial charge in [-0.3, -0.25) is 4.79 Å². The zero-order valence-electron chi connectivity index (χ0n) is 19.9. The van der Waals surface area contributed by atoms with Crippen LogP contribution in [-0.2, 0) is 24.1 Å². The third-order valence-electron chi connectivity index (χ3n) is 6.72. The molecule has 3 aromatic rings. The Balaban J connectivity index is 1.32. The van der Waals surface area contributed by atoms with Gasteiger partial charge in [0.05, 0.1) is 13.2 Å². The topological polar surface area (TPSA) is 48.0 Å². The Bertz CT molecular complexity index is 1170. The second kappa shape index (κ2) is 10.5. The van der Waals surface area contributed by atoms with Crippen LogP contribution in [0, 0.1) is 5.82 Å². The molecule has 1 atom stereocenters. The van der Waals surface area contributed by atoms with Gasteiger partial charge in [-0.1, -0.05) is 36.4 Å². The van der Waals surface area contributed by atoms with Crippen molar-refractivity contribution in [3.8, 4) is 11.5 Å². The molecule has 0 N–H and O–H groups in total. The lowest BCUT2D eigenvalue weighted by molar-refractivity contribution is 0.0506. The maximum atomic E-state index is 13.8. The third kappa shape index (κ3) is 5.49. The Morgan fingerprint density at radius 2 is 1.83 bits per heavy atom. The summed E-state index contributed by atoms with van der Waals surface area (Å²) in [6.45, 7) is 1.52. The number of methoxy groups -OCH3 is 1. The summed E-state index contributed by atoms with van der Waals surface area (Å²) in [5, 5.41) is 0. The van der Waals surface area contributed by atoms with Crippen molar-refractivity contribution in [3.05, 3.63) is 94.8 Å². The van der Waals surface area contributed by atoms with Gasteiger partial charge in [0.25, 0.3) is 5.91 Å². The summed E-state index contributed by atoms with van der Waals surface area (Å²) in [5.74, 6) is 0.679. The third-order valence-corrected chi connectivity index (χ3v) is 6.72. The van der Waals surface area contributed by atoms with Gasteiger partial charge in [0.15, 0.2) is 11.5 Å². The highest BCUT2D eigenvalue weighted by Crippen LogP contribution is 2.33. The molecule has 3 aromatic carbocycles. The van der Waals surface area contributed by atoms with Gasteiger partial charge < -0.3 is 19.1 Å². The molecular formula is C29H30FNO4. The standard InChI is InChI=1S/C29H30FNO4/c1-33-28-14-20(11-12-27(28)35-26-16-21-6-2-3-7-22(21)17-26)18-31(19-25-10-5-13-34-25)29(32)23-8-4-9-24(30)15-23/h2-4,6-9,11-12,14-15,25-26H,5,10,13,16-19H2,1H3/t25-/m0/s1. The van der Waals surface area contributed by atoms with Crippen molar-refractivity contribution in [1.29, 1.82) is 0 Å². The zero-order valence-corrected chi connectivity index (χ0v) is 19.9. The molecule has 5 nitrogen and oxygen atoms in total. The first-order valence-electron chi connectivity index (χ1n) is 12.2. The van der Waals surface area contributed by atoms with Crippen LogP contribution < -0.4 is 9.47 Å². The summed E-state index contributed by atoms with van der Waals surface area (Å²) in [7, 11) is 1.62. The summed E-state index contributed by atoms with van der Waals surface area (Å²) in [6.07, 6.45) is 3.69. The first-order valence-corrected chi connectivity index (χ1v) is 12.2. The Morgan fingerprint density at radius 1 is 1.03 bits per heavy atom. The van der Waals surface area contributed by atoms with Gasteiger partial charge in [-0.05, 0) is 59.9 Å². The van der Waals surface area contributed by atoms with Gasteiger partial charge in [-0.2, -0.15) is 0 Å². The number of ether oxygens (including phenoxy) is 3. The summed E-state index contributed by atoms with van der Waals surface area (Å²) in [6, 6.07) is 20.0. The second-order valence-corrected chi connectivity index (χ2v) is 9.23. The number of hydrogen-bond acceptors (Lipinski definition) is 4. The highest BCUT2D eigenvalue weighted by Gasteiger charge is 2.26. The van der Waals surface area contributed by atoms with Gasteiger partial charge in [-0.25, -0.2) is 4.39 Å². The monoisotopic (exact) mass is 475 g/mol. The fraction of sp³-hybridized carbons (Fsp3) is 0.345. The van der Waals surface area contributed by atoms with Crippen molar-refractivity contribution >= 4 is 5.91 Å². The molecule has 35 heavy (non-hydrogen) atoms. The summed E-state index contributed by atoms with van der Waals surface area (Å²) in [4.78, 5) is 15.0. The number of fused-ring (bicyclic) bond motifs is 1. The van der Waals surface area contributed by atoms with Crippen LogP contribution in [0.25, 0.3) is 0 Å². The van der Waals surface area contributed by atoms with Crippen LogP contribution in [-0.4, -0.2) is 43.3 Å². The van der Waals surface area contributed by atoms with E-state index >= 15 is 0 Å². The van der Waals surface area contributed by atoms with Crippen molar-refractivity contribution in [2.45, 2.75) is 44.4 Å². The quantitative estimate of drug-likeness (QED) is 0.449. The minimum atomic E-state index is -0.426. The second-order valence-electron chi connectivity index (χ2n) is 9.23. The molecule has 6 heteroatoms. The molecule has 5 rings (SSSR count). The number of nitrogens with zero attached hydrogens (tertiary/aromatic N) is 1. The number of carbonyl (C=O) groups is 1. The van der Waals surface area contributed by atoms with Crippen molar-refractivity contribution in [2.75, 3.05) is 20.3 Å². The molecule has 1 aliphatic heterocycles. The zero-order chi connectivity index (χ0) is 24.2. The minimum absolute atomic E-state index is 0.0130. The van der Waals surface area contributed by atoms with Crippen molar-refractivity contribution in [3.63, 3.8) is 0 Å². The molecule has 0 bridgehead atoms. The number of carbonyl (C=O) groups excluding carboxylic acids is 1. The van der Waals surface area contributed by atoms with E-state index < -0.39 is 5.82 Å². The average Bonchev–Trinajstić information content (AvgIpc) is 3.53. The first-order chi connectivity index (χ1) is 17.1. The average molecular weight is 476 g/mol. The van der Waals surface area contributed by atoms with Gasteiger partial charge in [0.2, 0.25) is 0 Å². The lowest BCUT2D eigenvalue weighted by Crippen LogP contribution is -2.37. The lowest BCUT2D eigenvalue weighted by Gasteiger charge is -2.26. The smallest absolute Gasteiger partial charge is 0.254 e. The Labute approximate surface area is 205 Å². The predicted octanol–water partition coefficient (Wildman–Crippen LogP) is 5.20. The van der Waals surface area contributed by atoms with Crippen LogP contribution in [0.15, 0.2) is 66.7 Å². The molecule has 1 heterocycles. The fourth-order valence-corrected chi connectivity index (χ4v) is 4.97. The van der Waals surface area contributed by atoms with Crippen LogP contribution in [0.4, 0.5) is 4.39 Å². The van der Waals surface area contributed by atoms with Crippen molar-refractivity contribution in [2.24, 2.45) is 0 Å². The van der Waals surface area contributed by atoms with Gasteiger partial charge in [-0.15, -0.1) is 0 Å². The number of hydrogen-bond donors (Lipinski definition) is 0. The normalized spacial score (nSPS) is 17.3. The molecule has 0 saturated carbocycles. The van der Waals surface area contributed by atoms with Gasteiger partial charge in [0, 0.05) is 38.1 Å². The Kier molecular flexibility index (Phi) is 7.00. The maximum absolute atomic E-state index is 13.8. The molecule has 1 saturated heterocycles. The number of amides is 1. The van der Waals surface area contributed by atoms with Crippen molar-refractivity contribution in [1.82, 2.24) is 4.90 Å². The molecule has 0 unspecified atom stereocenters. The van der Waals surface area contributed by atoms with E-state index in [1.165, 1.54) is 23.3 Å². The number of benzene rings is 3. The van der Waals surface area contributed by atoms with Gasteiger partial charge >= 0.3 is 0 Å². The highest BCUT2D eigenvalue weighted by molar-refractivity contribution is 5.94. The van der Waals surface area contributed by atoms with E-state index in [4.69, 9.17) is 14.2 Å². The van der Waals surface area contributed by atoms with E-state index in [0.717, 1.165) is 31.2 Å². The fourth-order valence-electron chi connectivity index (χ4n) is 4.97. The van der Waals surface area contributed by atoms with E-state index in [0.29, 0.717) is 36.8 Å². The summed E-state index contributed by atoms with van der Waals surface area (Å²) < 4.78 is 31.5. The maximum Gasteiger partial charge on any atom is 0.254 e. The molecule has 2 aliphatic rings. The molecular weight excluding hydrogens is 445 g/mol. The van der Waals surface area contributed by atoms with E-state index in [-0.39, 0.29) is 18.1 Å². The summed E-state index contributed by atoms with van der Waals surface area (Å²) in [5.41, 5.74) is 3.89.